The number of benzene rings is 2. The third kappa shape index (κ3) is 4.04. The Kier molecular flexibility index (Phi) is 5.47. The first-order valence-corrected chi connectivity index (χ1v) is 11.6. The van der Waals surface area contributed by atoms with Gasteiger partial charge in [-0.1, -0.05) is 18.2 Å². The molecule has 1 amide bonds. The molecule has 6 rings (SSSR count). The molecule has 0 aromatic heterocycles. The molecular weight excluding hydrogens is 441 g/mol. The lowest BCUT2D eigenvalue weighted by molar-refractivity contribution is -0.186. The molecule has 9 heteroatoms. The minimum Gasteiger partial charge on any atom is -0.454 e. The summed E-state index contributed by atoms with van der Waals surface area (Å²) in [5, 5.41) is 6.22. The van der Waals surface area contributed by atoms with Gasteiger partial charge in [0.05, 0.1) is 31.5 Å². The molecule has 0 radical (unpaired) electrons. The fraction of sp³-hybridized carbons (Fsp3) is 0.440. The number of rotatable bonds is 4. The van der Waals surface area contributed by atoms with Gasteiger partial charge in [-0.2, -0.15) is 5.10 Å². The lowest BCUT2D eigenvalue weighted by Crippen LogP contribution is -2.48. The molecular formula is C25H26FN3O5. The van der Waals surface area contributed by atoms with Gasteiger partial charge < -0.3 is 18.9 Å². The van der Waals surface area contributed by atoms with Crippen LogP contribution in [0, 0.1) is 5.82 Å². The van der Waals surface area contributed by atoms with Crippen molar-refractivity contribution >= 4 is 11.6 Å². The monoisotopic (exact) mass is 467 g/mol. The maximum atomic E-state index is 13.9. The molecule has 0 aliphatic carbocycles. The number of amides is 1. The van der Waals surface area contributed by atoms with Crippen LogP contribution in [0.3, 0.4) is 0 Å². The number of hydrazone groups is 1. The van der Waals surface area contributed by atoms with Crippen LogP contribution in [0.15, 0.2) is 47.6 Å². The SMILES string of the molecule is O=C(CN1CCC2(CC1)OCCO2)N1N=C(c2cccc(F)c2)C[C@@H]1c1ccc2c(c1)OCO2. The van der Waals surface area contributed by atoms with Crippen molar-refractivity contribution in [3.05, 3.63) is 59.4 Å². The van der Waals surface area contributed by atoms with Crippen LogP contribution < -0.4 is 9.47 Å². The number of fused-ring (bicyclic) bond motifs is 1. The van der Waals surface area contributed by atoms with Crippen molar-refractivity contribution in [2.45, 2.75) is 31.1 Å². The third-order valence-corrected chi connectivity index (χ3v) is 6.90. The zero-order valence-corrected chi connectivity index (χ0v) is 18.7. The van der Waals surface area contributed by atoms with Crippen LogP contribution in [0.1, 0.15) is 36.4 Å². The molecule has 2 fully saturated rings. The fourth-order valence-electron chi connectivity index (χ4n) is 5.06. The molecule has 0 saturated carbocycles. The Morgan fingerprint density at radius 2 is 1.85 bits per heavy atom. The molecule has 4 aliphatic rings. The number of hydrogen-bond donors (Lipinski definition) is 0. The Balaban J connectivity index is 1.23. The second-order valence-corrected chi connectivity index (χ2v) is 9.01. The maximum absolute atomic E-state index is 13.9. The van der Waals surface area contributed by atoms with Crippen molar-refractivity contribution in [2.24, 2.45) is 5.10 Å². The third-order valence-electron chi connectivity index (χ3n) is 6.90. The molecule has 1 atom stereocenters. The summed E-state index contributed by atoms with van der Waals surface area (Å²) >= 11 is 0. The standard InChI is InChI=1S/C25H26FN3O5/c26-19-3-1-2-17(12-19)20-14-21(18-4-5-22-23(13-18)32-16-31-22)29(27-20)24(30)15-28-8-6-25(7-9-28)33-10-11-34-25/h1-5,12-13,21H,6-11,14-16H2/t21-/m1/s1. The van der Waals surface area contributed by atoms with E-state index in [1.54, 1.807) is 11.1 Å². The molecule has 34 heavy (non-hydrogen) atoms. The van der Waals surface area contributed by atoms with Crippen LogP contribution in [-0.4, -0.2) is 67.0 Å². The maximum Gasteiger partial charge on any atom is 0.257 e. The molecule has 2 aromatic carbocycles. The lowest BCUT2D eigenvalue weighted by Gasteiger charge is -2.37. The van der Waals surface area contributed by atoms with E-state index >= 15 is 0 Å². The molecule has 1 spiro atoms. The average Bonchev–Trinajstić information content (AvgIpc) is 3.60. The van der Waals surface area contributed by atoms with Crippen molar-refractivity contribution in [2.75, 3.05) is 39.6 Å². The van der Waals surface area contributed by atoms with Gasteiger partial charge in [0.2, 0.25) is 6.79 Å². The Morgan fingerprint density at radius 1 is 1.06 bits per heavy atom. The van der Waals surface area contributed by atoms with Crippen molar-refractivity contribution in [3.8, 4) is 11.5 Å². The highest BCUT2D eigenvalue weighted by Crippen LogP contribution is 2.39. The summed E-state index contributed by atoms with van der Waals surface area (Å²) in [4.78, 5) is 15.6. The zero-order valence-electron chi connectivity index (χ0n) is 18.7. The molecule has 2 saturated heterocycles. The molecule has 0 bridgehead atoms. The predicted octanol–water partition coefficient (Wildman–Crippen LogP) is 3.07. The summed E-state index contributed by atoms with van der Waals surface area (Å²) in [5.74, 6) is 0.429. The number of nitrogens with zero attached hydrogens (tertiary/aromatic N) is 3. The second-order valence-electron chi connectivity index (χ2n) is 9.01. The highest BCUT2D eigenvalue weighted by Gasteiger charge is 2.41. The average molecular weight is 467 g/mol. The van der Waals surface area contributed by atoms with Crippen LogP contribution in [-0.2, 0) is 14.3 Å². The van der Waals surface area contributed by atoms with Crippen LogP contribution >= 0.6 is 0 Å². The summed E-state index contributed by atoms with van der Waals surface area (Å²) in [6, 6.07) is 11.7. The number of ether oxygens (including phenoxy) is 4. The normalized spacial score (nSPS) is 23.5. The number of halogens is 1. The first kappa shape index (κ1) is 21.5. The van der Waals surface area contributed by atoms with Gasteiger partial charge in [-0.25, -0.2) is 9.40 Å². The van der Waals surface area contributed by atoms with E-state index in [9.17, 15) is 9.18 Å². The lowest BCUT2D eigenvalue weighted by atomic mass is 9.98. The Morgan fingerprint density at radius 3 is 2.65 bits per heavy atom. The summed E-state index contributed by atoms with van der Waals surface area (Å²) in [7, 11) is 0. The molecule has 0 N–H and O–H groups in total. The van der Waals surface area contributed by atoms with Crippen molar-refractivity contribution in [3.63, 3.8) is 0 Å². The molecule has 0 unspecified atom stereocenters. The van der Waals surface area contributed by atoms with Crippen LogP contribution in [0.5, 0.6) is 11.5 Å². The fourth-order valence-corrected chi connectivity index (χ4v) is 5.06. The number of piperidine rings is 1. The minimum absolute atomic E-state index is 0.0988. The van der Waals surface area contributed by atoms with E-state index in [0.717, 1.165) is 31.5 Å². The number of likely N-dealkylation sites (tertiary alicyclic amines) is 1. The molecule has 4 aliphatic heterocycles. The van der Waals surface area contributed by atoms with Gasteiger partial charge >= 0.3 is 0 Å². The van der Waals surface area contributed by atoms with E-state index in [-0.39, 0.29) is 31.1 Å². The summed E-state index contributed by atoms with van der Waals surface area (Å²) < 4.78 is 36.5. The van der Waals surface area contributed by atoms with Crippen LogP contribution in [0.25, 0.3) is 0 Å². The topological polar surface area (TPSA) is 72.8 Å². The molecule has 8 nitrogen and oxygen atoms in total. The summed E-state index contributed by atoms with van der Waals surface area (Å²) in [6.07, 6.45) is 1.97. The van der Waals surface area contributed by atoms with Gasteiger partial charge in [0, 0.05) is 37.9 Å². The zero-order chi connectivity index (χ0) is 23.1. The smallest absolute Gasteiger partial charge is 0.257 e. The number of carbonyl (C=O) groups is 1. The quantitative estimate of drug-likeness (QED) is 0.688. The van der Waals surface area contributed by atoms with Crippen molar-refractivity contribution in [1.82, 2.24) is 9.91 Å². The number of carbonyl (C=O) groups excluding carboxylic acids is 1. The van der Waals surface area contributed by atoms with Crippen molar-refractivity contribution in [1.29, 1.82) is 0 Å². The Hall–Kier alpha value is -3.01. The van der Waals surface area contributed by atoms with E-state index in [1.807, 2.05) is 24.3 Å². The van der Waals surface area contributed by atoms with Gasteiger partial charge in [0.25, 0.3) is 5.91 Å². The first-order valence-electron chi connectivity index (χ1n) is 11.6. The van der Waals surface area contributed by atoms with Gasteiger partial charge in [-0.3, -0.25) is 9.69 Å². The van der Waals surface area contributed by atoms with Gasteiger partial charge in [0.1, 0.15) is 5.82 Å². The van der Waals surface area contributed by atoms with Gasteiger partial charge in [-0.05, 0) is 29.8 Å². The van der Waals surface area contributed by atoms with E-state index in [0.29, 0.717) is 42.4 Å². The number of hydrogen-bond acceptors (Lipinski definition) is 7. The largest absolute Gasteiger partial charge is 0.454 e. The van der Waals surface area contributed by atoms with Crippen LogP contribution in [0.2, 0.25) is 0 Å². The summed E-state index contributed by atoms with van der Waals surface area (Å²) in [5.41, 5.74) is 2.26. The van der Waals surface area contributed by atoms with Crippen molar-refractivity contribution < 1.29 is 28.1 Å². The summed E-state index contributed by atoms with van der Waals surface area (Å²) in [6.45, 7) is 3.12. The highest BCUT2D eigenvalue weighted by molar-refractivity contribution is 6.03. The minimum atomic E-state index is -0.481. The van der Waals surface area contributed by atoms with E-state index in [4.69, 9.17) is 18.9 Å². The van der Waals surface area contributed by atoms with E-state index in [2.05, 4.69) is 10.0 Å². The highest BCUT2D eigenvalue weighted by atomic mass is 19.1. The first-order chi connectivity index (χ1) is 16.6. The van der Waals surface area contributed by atoms with Crippen LogP contribution in [0.4, 0.5) is 4.39 Å². The van der Waals surface area contributed by atoms with E-state index < -0.39 is 5.79 Å². The predicted molar refractivity (Wildman–Crippen MR) is 120 cm³/mol. The van der Waals surface area contributed by atoms with Gasteiger partial charge in [0.15, 0.2) is 17.3 Å². The Bertz CT molecular complexity index is 1120. The van der Waals surface area contributed by atoms with E-state index in [1.165, 1.54) is 12.1 Å². The Labute approximate surface area is 196 Å². The molecule has 4 heterocycles. The molecule has 178 valence electrons. The molecule has 2 aromatic rings. The second kappa shape index (κ2) is 8.65. The van der Waals surface area contributed by atoms with Gasteiger partial charge in [-0.15, -0.1) is 0 Å².